The fourth-order valence-electron chi connectivity index (χ4n) is 3.95. The summed E-state index contributed by atoms with van der Waals surface area (Å²) in [6, 6.07) is 27.9. The Bertz CT molecular complexity index is 1130. The molecule has 1 aliphatic rings. The van der Waals surface area contributed by atoms with Crippen molar-refractivity contribution < 1.29 is 18.8 Å². The Morgan fingerprint density at radius 2 is 1.09 bits per heavy atom. The highest BCUT2D eigenvalue weighted by Gasteiger charge is 2.53. The van der Waals surface area contributed by atoms with E-state index in [1.807, 2.05) is 48.5 Å². The maximum absolute atomic E-state index is 12.0. The Hall–Kier alpha value is -3.15. The quantitative estimate of drug-likeness (QED) is 0.275. The molecule has 3 aromatic carbocycles. The van der Waals surface area contributed by atoms with Crippen LogP contribution in [0.3, 0.4) is 0 Å². The first-order chi connectivity index (χ1) is 15.7. The number of methoxy groups -OCH3 is 1. The van der Waals surface area contributed by atoms with Gasteiger partial charge in [0, 0.05) is 0 Å². The van der Waals surface area contributed by atoms with E-state index in [1.165, 1.54) is 7.11 Å². The smallest absolute Gasteiger partial charge is 0.465 e. The van der Waals surface area contributed by atoms with Gasteiger partial charge in [0.05, 0.1) is 23.9 Å². The normalized spacial score (nSPS) is 17.4. The molecule has 1 saturated heterocycles. The highest BCUT2D eigenvalue weighted by atomic mass is 16.7. The Labute approximate surface area is 196 Å². The van der Waals surface area contributed by atoms with Crippen molar-refractivity contribution in [3.63, 3.8) is 0 Å². The van der Waals surface area contributed by atoms with Crippen molar-refractivity contribution in [2.75, 3.05) is 7.11 Å². The zero-order valence-electron chi connectivity index (χ0n) is 19.8. The minimum atomic E-state index is -0.562. The third kappa shape index (κ3) is 4.52. The summed E-state index contributed by atoms with van der Waals surface area (Å²) in [4.78, 5) is 12.0. The molecule has 0 aromatic heterocycles. The summed E-state index contributed by atoms with van der Waals surface area (Å²) in [5.74, 6) is -0.360. The van der Waals surface area contributed by atoms with E-state index < -0.39 is 18.3 Å². The van der Waals surface area contributed by atoms with Crippen molar-refractivity contribution in [2.24, 2.45) is 0 Å². The summed E-state index contributed by atoms with van der Waals surface area (Å²) in [5, 5.41) is 0. The average molecular weight is 440 g/mol. The number of esters is 1. The molecule has 0 bridgehead atoms. The summed E-state index contributed by atoms with van der Waals surface area (Å²) >= 11 is 0. The molecule has 4 rings (SSSR count). The number of hydrogen-bond acceptors (Lipinski definition) is 4. The van der Waals surface area contributed by atoms with Gasteiger partial charge in [-0.05, 0) is 67.6 Å². The molecule has 0 amide bonds. The van der Waals surface area contributed by atoms with E-state index in [0.717, 1.165) is 27.7 Å². The first-order valence-corrected chi connectivity index (χ1v) is 11.1. The van der Waals surface area contributed by atoms with E-state index >= 15 is 0 Å². The fourth-order valence-corrected chi connectivity index (χ4v) is 3.95. The van der Waals surface area contributed by atoms with Gasteiger partial charge in [-0.15, -0.1) is 0 Å². The summed E-state index contributed by atoms with van der Waals surface area (Å²) in [5.41, 5.74) is 4.52. The van der Waals surface area contributed by atoms with Crippen LogP contribution in [-0.4, -0.2) is 31.4 Å². The molecule has 33 heavy (non-hydrogen) atoms. The predicted octanol–water partition coefficient (Wildman–Crippen LogP) is 6.06. The topological polar surface area (TPSA) is 44.8 Å². The van der Waals surface area contributed by atoms with Crippen molar-refractivity contribution >= 4 is 24.1 Å². The van der Waals surface area contributed by atoms with Gasteiger partial charge >= 0.3 is 13.1 Å². The Kier molecular flexibility index (Phi) is 6.29. The van der Waals surface area contributed by atoms with Gasteiger partial charge in [0.25, 0.3) is 0 Å². The van der Waals surface area contributed by atoms with Crippen molar-refractivity contribution in [3.8, 4) is 0 Å². The summed E-state index contributed by atoms with van der Waals surface area (Å²) in [7, 11) is 0.824. The third-order valence-corrected chi connectivity index (χ3v) is 6.50. The second-order valence-electron chi connectivity index (χ2n) is 9.18. The monoisotopic (exact) mass is 440 g/mol. The van der Waals surface area contributed by atoms with E-state index in [0.29, 0.717) is 5.56 Å². The molecule has 1 fully saturated rings. The van der Waals surface area contributed by atoms with Gasteiger partial charge in [-0.1, -0.05) is 72.8 Å². The van der Waals surface area contributed by atoms with Gasteiger partial charge in [-0.25, -0.2) is 4.79 Å². The summed E-state index contributed by atoms with van der Waals surface area (Å²) in [6.45, 7) is 8.23. The zero-order chi connectivity index (χ0) is 23.6. The molecule has 1 heterocycles. The van der Waals surface area contributed by atoms with Crippen LogP contribution in [0.2, 0.25) is 0 Å². The Morgan fingerprint density at radius 1 is 0.667 bits per heavy atom. The van der Waals surface area contributed by atoms with Crippen molar-refractivity contribution in [3.05, 3.63) is 107 Å². The van der Waals surface area contributed by atoms with Crippen LogP contribution < -0.4 is 0 Å². The number of carbonyl (C=O) groups is 1. The van der Waals surface area contributed by atoms with E-state index in [1.54, 1.807) is 12.1 Å². The second-order valence-corrected chi connectivity index (χ2v) is 9.18. The summed E-state index contributed by atoms with van der Waals surface area (Å²) in [6.07, 6.45) is 0. The van der Waals surface area contributed by atoms with E-state index in [4.69, 9.17) is 14.0 Å². The summed E-state index contributed by atoms with van der Waals surface area (Å²) < 4.78 is 17.9. The van der Waals surface area contributed by atoms with Crippen LogP contribution in [0.1, 0.15) is 54.7 Å². The highest BCUT2D eigenvalue weighted by Crippen LogP contribution is 2.44. The molecular weight excluding hydrogens is 411 g/mol. The molecule has 1 aliphatic heterocycles. The molecule has 0 spiro atoms. The van der Waals surface area contributed by atoms with E-state index in [-0.39, 0.29) is 5.97 Å². The molecule has 0 aliphatic carbocycles. The largest absolute Gasteiger partial charge is 0.496 e. The highest BCUT2D eigenvalue weighted by molar-refractivity contribution is 6.71. The minimum absolute atomic E-state index is 0.360. The van der Waals surface area contributed by atoms with Gasteiger partial charge in [0.1, 0.15) is 0 Å². The van der Waals surface area contributed by atoms with E-state index in [2.05, 4.69) is 52.0 Å². The van der Waals surface area contributed by atoms with Crippen LogP contribution in [0.15, 0.2) is 84.9 Å². The Balaban J connectivity index is 1.97. The molecule has 3 aromatic rings. The van der Waals surface area contributed by atoms with Crippen LogP contribution in [-0.2, 0) is 14.0 Å². The predicted molar refractivity (Wildman–Crippen MR) is 133 cm³/mol. The lowest BCUT2D eigenvalue weighted by molar-refractivity contribution is 0.00578. The zero-order valence-corrected chi connectivity index (χ0v) is 19.8. The van der Waals surface area contributed by atoms with Crippen LogP contribution in [0.25, 0.3) is 11.0 Å². The van der Waals surface area contributed by atoms with Gasteiger partial charge < -0.3 is 14.0 Å². The number of hydrogen-bond donors (Lipinski definition) is 0. The van der Waals surface area contributed by atoms with Gasteiger partial charge in [0.15, 0.2) is 0 Å². The van der Waals surface area contributed by atoms with Crippen molar-refractivity contribution in [2.45, 2.75) is 38.9 Å². The van der Waals surface area contributed by atoms with Crippen molar-refractivity contribution in [1.82, 2.24) is 0 Å². The average Bonchev–Trinajstić information content (AvgIpc) is 3.04. The maximum Gasteiger partial charge on any atom is 0.496 e. The number of carbonyl (C=O) groups excluding carboxylic acids is 1. The lowest BCUT2D eigenvalue weighted by atomic mass is 9.68. The van der Waals surface area contributed by atoms with E-state index in [9.17, 15) is 4.79 Å². The van der Waals surface area contributed by atoms with Gasteiger partial charge in [-0.2, -0.15) is 0 Å². The van der Waals surface area contributed by atoms with Crippen LogP contribution >= 0.6 is 0 Å². The SMILES string of the molecule is COC(=O)c1ccc(/C(=C(/B2OC(C)(C)C(C)(C)O2)c2ccccc2)c2ccccc2)cc1. The standard InChI is InChI=1S/C28H29BO4/c1-27(2)28(3,4)33-29(32-27)25(22-14-10-7-11-15-22)24(20-12-8-6-9-13-20)21-16-18-23(19-17-21)26(30)31-5/h6-19H,1-5H3/b25-24+. The van der Waals surface area contributed by atoms with Crippen LogP contribution in [0, 0.1) is 0 Å². The Morgan fingerprint density at radius 3 is 1.58 bits per heavy atom. The number of rotatable bonds is 5. The molecule has 0 N–H and O–H groups in total. The molecule has 0 saturated carbocycles. The molecular formula is C28H29BO4. The maximum atomic E-state index is 12.0. The molecule has 0 radical (unpaired) electrons. The lowest BCUT2D eigenvalue weighted by Gasteiger charge is -2.32. The molecule has 0 atom stereocenters. The lowest BCUT2D eigenvalue weighted by Crippen LogP contribution is -2.41. The first-order valence-electron chi connectivity index (χ1n) is 11.1. The van der Waals surface area contributed by atoms with Crippen LogP contribution in [0.5, 0.6) is 0 Å². The first kappa shape index (κ1) is 23.0. The second kappa shape index (κ2) is 9.01. The van der Waals surface area contributed by atoms with Gasteiger partial charge in [-0.3, -0.25) is 0 Å². The van der Waals surface area contributed by atoms with Crippen molar-refractivity contribution in [1.29, 1.82) is 0 Å². The molecule has 4 nitrogen and oxygen atoms in total. The molecule has 5 heteroatoms. The third-order valence-electron chi connectivity index (χ3n) is 6.50. The van der Waals surface area contributed by atoms with Crippen LogP contribution in [0.4, 0.5) is 0 Å². The number of ether oxygens (including phenoxy) is 1. The minimum Gasteiger partial charge on any atom is -0.465 e. The molecule has 168 valence electrons. The fraction of sp³-hybridized carbons (Fsp3) is 0.250. The molecule has 0 unspecified atom stereocenters. The van der Waals surface area contributed by atoms with Gasteiger partial charge in [0.2, 0.25) is 0 Å². The number of benzene rings is 3.